The highest BCUT2D eigenvalue weighted by molar-refractivity contribution is 6.30. The lowest BCUT2D eigenvalue weighted by molar-refractivity contribution is 0.170. The van der Waals surface area contributed by atoms with E-state index < -0.39 is 0 Å². The van der Waals surface area contributed by atoms with E-state index in [2.05, 4.69) is 51.9 Å². The molecule has 0 saturated heterocycles. The Kier molecular flexibility index (Phi) is 7.62. The Balaban J connectivity index is 1.35. The molecule has 3 aromatic carbocycles. The summed E-state index contributed by atoms with van der Waals surface area (Å²) in [5.74, 6) is 2.85. The second-order valence-electron chi connectivity index (χ2n) is 10.1. The van der Waals surface area contributed by atoms with Crippen LogP contribution in [-0.2, 0) is 26.2 Å². The van der Waals surface area contributed by atoms with E-state index in [1.165, 1.54) is 0 Å². The summed E-state index contributed by atoms with van der Waals surface area (Å²) < 4.78 is 19.3. The number of nitrogens with zero attached hydrogens (tertiary/aromatic N) is 4. The van der Waals surface area contributed by atoms with Crippen LogP contribution in [0, 0.1) is 0 Å². The van der Waals surface area contributed by atoms with Gasteiger partial charge < -0.3 is 24.3 Å². The molecule has 5 aromatic rings. The van der Waals surface area contributed by atoms with Crippen LogP contribution in [0.1, 0.15) is 36.6 Å². The summed E-state index contributed by atoms with van der Waals surface area (Å²) in [5, 5.41) is 5.25. The van der Waals surface area contributed by atoms with Gasteiger partial charge in [0.05, 0.1) is 11.1 Å². The van der Waals surface area contributed by atoms with Crippen molar-refractivity contribution in [3.63, 3.8) is 0 Å². The van der Waals surface area contributed by atoms with Crippen LogP contribution in [0.2, 0.25) is 5.15 Å². The van der Waals surface area contributed by atoms with Crippen LogP contribution in [0.4, 0.5) is 5.82 Å². The van der Waals surface area contributed by atoms with Crippen molar-refractivity contribution < 1.29 is 14.0 Å². The van der Waals surface area contributed by atoms with E-state index in [9.17, 15) is 0 Å². The summed E-state index contributed by atoms with van der Waals surface area (Å²) in [6, 6.07) is 22.4. The summed E-state index contributed by atoms with van der Waals surface area (Å²) in [4.78, 5) is 7.18. The monoisotopic (exact) mass is 557 g/mol. The quantitative estimate of drug-likeness (QED) is 0.204. The Bertz CT molecular complexity index is 1610. The normalized spacial score (nSPS) is 12.9. The van der Waals surface area contributed by atoms with Crippen LogP contribution in [0.25, 0.3) is 22.4 Å². The van der Waals surface area contributed by atoms with Gasteiger partial charge in [-0.2, -0.15) is 0 Å². The number of ether oxygens (including phenoxy) is 2. The lowest BCUT2D eigenvalue weighted by Crippen LogP contribution is -2.24. The van der Waals surface area contributed by atoms with Crippen LogP contribution in [0.15, 0.2) is 71.3 Å². The van der Waals surface area contributed by atoms with Gasteiger partial charge >= 0.3 is 0 Å². The third-order valence-electron chi connectivity index (χ3n) is 7.15. The molecule has 2 N–H and O–H groups in total. The zero-order valence-corrected chi connectivity index (χ0v) is 23.2. The average Bonchev–Trinajstić information content (AvgIpc) is 3.50. The fraction of sp³-hybridized carbons (Fsp3) is 0.290. The first-order valence-corrected chi connectivity index (χ1v) is 14.0. The van der Waals surface area contributed by atoms with E-state index in [1.807, 2.05) is 36.4 Å². The maximum absolute atomic E-state index is 6.87. The molecule has 0 saturated carbocycles. The molecule has 0 bridgehead atoms. The number of aromatic nitrogens is 3. The van der Waals surface area contributed by atoms with Gasteiger partial charge in [0.2, 0.25) is 0 Å². The molecule has 40 heavy (non-hydrogen) atoms. The minimum atomic E-state index is 0.398. The van der Waals surface area contributed by atoms with Gasteiger partial charge in [0.1, 0.15) is 19.0 Å². The molecule has 8 nitrogen and oxygen atoms in total. The average molecular weight is 558 g/mol. The third kappa shape index (κ3) is 5.50. The van der Waals surface area contributed by atoms with Crippen LogP contribution >= 0.6 is 11.6 Å². The highest BCUT2D eigenvalue weighted by Gasteiger charge is 2.21. The minimum Gasteiger partial charge on any atom is -0.486 e. The second-order valence-corrected chi connectivity index (χ2v) is 10.4. The summed E-state index contributed by atoms with van der Waals surface area (Å²) in [5.41, 5.74) is 10.9. The molecule has 0 spiro atoms. The molecule has 0 amide bonds. The van der Waals surface area contributed by atoms with Crippen LogP contribution in [0.5, 0.6) is 11.5 Å². The Morgan fingerprint density at radius 3 is 2.48 bits per heavy atom. The summed E-state index contributed by atoms with van der Waals surface area (Å²) >= 11 is 6.87. The van der Waals surface area contributed by atoms with Crippen molar-refractivity contribution in [2.45, 2.75) is 45.9 Å². The molecule has 0 aliphatic carbocycles. The number of imidazole rings is 1. The van der Waals surface area contributed by atoms with Gasteiger partial charge in [-0.1, -0.05) is 72.6 Å². The number of rotatable bonds is 10. The molecule has 1 aliphatic heterocycles. The number of halogens is 1. The Hall–Kier alpha value is -4.01. The van der Waals surface area contributed by atoms with Gasteiger partial charge in [0.15, 0.2) is 28.1 Å². The standard InChI is InChI=1S/C31H32ClN5O3/c1-2-3-13-37-25(29(32)34-31(37)23-7-5-4-6-8-23)20-36(18-21-9-11-24-27(16-21)40-35-30(24)33)19-22-10-12-26-28(17-22)39-15-14-38-26/h4-12,16-17H,2-3,13-15,18-20H2,1H3,(H2,33,35). The molecule has 9 heteroatoms. The zero-order chi connectivity index (χ0) is 27.5. The third-order valence-corrected chi connectivity index (χ3v) is 7.45. The van der Waals surface area contributed by atoms with E-state index in [4.69, 9.17) is 36.3 Å². The molecular weight excluding hydrogens is 526 g/mol. The molecule has 206 valence electrons. The SMILES string of the molecule is CCCCn1c(-c2ccccc2)nc(Cl)c1CN(Cc1ccc2c(c1)OCCO2)Cc1ccc2c(N)noc2c1. The van der Waals surface area contributed by atoms with E-state index in [0.717, 1.165) is 64.5 Å². The number of anilines is 1. The van der Waals surface area contributed by atoms with Crippen molar-refractivity contribution in [2.24, 2.45) is 0 Å². The molecule has 0 atom stereocenters. The van der Waals surface area contributed by atoms with Crippen molar-refractivity contribution >= 4 is 28.4 Å². The van der Waals surface area contributed by atoms with Crippen LogP contribution < -0.4 is 15.2 Å². The molecule has 6 rings (SSSR count). The van der Waals surface area contributed by atoms with Gasteiger partial charge in [-0.15, -0.1) is 0 Å². The number of benzene rings is 3. The van der Waals surface area contributed by atoms with Crippen molar-refractivity contribution in [3.05, 3.63) is 88.7 Å². The molecule has 3 heterocycles. The number of hydrogen-bond donors (Lipinski definition) is 1. The molecule has 2 aromatic heterocycles. The van der Waals surface area contributed by atoms with E-state index in [0.29, 0.717) is 49.4 Å². The van der Waals surface area contributed by atoms with Crippen molar-refractivity contribution in [2.75, 3.05) is 18.9 Å². The predicted octanol–water partition coefficient (Wildman–Crippen LogP) is 6.70. The largest absolute Gasteiger partial charge is 0.486 e. The molecule has 1 aliphatic rings. The first-order chi connectivity index (χ1) is 19.6. The topological polar surface area (TPSA) is 91.6 Å². The van der Waals surface area contributed by atoms with Gasteiger partial charge in [-0.3, -0.25) is 4.90 Å². The van der Waals surface area contributed by atoms with E-state index >= 15 is 0 Å². The predicted molar refractivity (Wildman–Crippen MR) is 156 cm³/mol. The smallest absolute Gasteiger partial charge is 0.174 e. The van der Waals surface area contributed by atoms with Crippen molar-refractivity contribution in [3.8, 4) is 22.9 Å². The highest BCUT2D eigenvalue weighted by Crippen LogP contribution is 2.33. The molecule has 0 unspecified atom stereocenters. The maximum Gasteiger partial charge on any atom is 0.174 e. The first kappa shape index (κ1) is 26.2. The lowest BCUT2D eigenvalue weighted by atomic mass is 10.1. The number of hydrogen-bond acceptors (Lipinski definition) is 7. The Morgan fingerprint density at radius 2 is 1.68 bits per heavy atom. The minimum absolute atomic E-state index is 0.398. The highest BCUT2D eigenvalue weighted by atomic mass is 35.5. The van der Waals surface area contributed by atoms with Gasteiger partial charge in [-0.05, 0) is 41.8 Å². The number of nitrogen functional groups attached to an aromatic ring is 1. The summed E-state index contributed by atoms with van der Waals surface area (Å²) in [6.45, 7) is 6.08. The first-order valence-electron chi connectivity index (χ1n) is 13.6. The van der Waals surface area contributed by atoms with E-state index in [-0.39, 0.29) is 0 Å². The van der Waals surface area contributed by atoms with Crippen molar-refractivity contribution in [1.82, 2.24) is 19.6 Å². The second kappa shape index (κ2) is 11.6. The number of nitrogens with two attached hydrogens (primary N) is 1. The van der Waals surface area contributed by atoms with Crippen LogP contribution in [-0.4, -0.2) is 32.8 Å². The molecular formula is C31H32ClN5O3. The summed E-state index contributed by atoms with van der Waals surface area (Å²) in [6.07, 6.45) is 2.11. The van der Waals surface area contributed by atoms with Crippen LogP contribution in [0.3, 0.4) is 0 Å². The number of fused-ring (bicyclic) bond motifs is 2. The maximum atomic E-state index is 6.87. The lowest BCUT2D eigenvalue weighted by Gasteiger charge is -2.25. The molecule has 0 fully saturated rings. The van der Waals surface area contributed by atoms with Gasteiger partial charge in [0, 0.05) is 31.7 Å². The zero-order valence-electron chi connectivity index (χ0n) is 22.5. The fourth-order valence-electron chi connectivity index (χ4n) is 5.15. The van der Waals surface area contributed by atoms with Gasteiger partial charge in [-0.25, -0.2) is 4.98 Å². The fourth-order valence-corrected chi connectivity index (χ4v) is 5.40. The Morgan fingerprint density at radius 1 is 0.925 bits per heavy atom. The summed E-state index contributed by atoms with van der Waals surface area (Å²) in [7, 11) is 0. The Labute approximate surface area is 238 Å². The van der Waals surface area contributed by atoms with Gasteiger partial charge in [0.25, 0.3) is 0 Å². The number of unbranched alkanes of at least 4 members (excludes halogenated alkanes) is 1. The van der Waals surface area contributed by atoms with E-state index in [1.54, 1.807) is 0 Å². The van der Waals surface area contributed by atoms with Crippen molar-refractivity contribution in [1.29, 1.82) is 0 Å². The molecule has 0 radical (unpaired) electrons.